The first kappa shape index (κ1) is 43.9. The van der Waals surface area contributed by atoms with Gasteiger partial charge < -0.3 is 14.4 Å². The molecule has 0 spiro atoms. The van der Waals surface area contributed by atoms with Gasteiger partial charge in [0.1, 0.15) is 0 Å². The molecule has 0 aromatic carbocycles. The van der Waals surface area contributed by atoms with Crippen LogP contribution in [0.4, 0.5) is 0 Å². The van der Waals surface area contributed by atoms with E-state index >= 15 is 0 Å². The van der Waals surface area contributed by atoms with Crippen molar-refractivity contribution in [2.45, 2.75) is 225 Å². The van der Waals surface area contributed by atoms with Crippen LogP contribution >= 0.6 is 0 Å². The summed E-state index contributed by atoms with van der Waals surface area (Å²) in [6.45, 7) is 8.15. The molecule has 0 rings (SSSR count). The molecule has 3 nitrogen and oxygen atoms in total. The summed E-state index contributed by atoms with van der Waals surface area (Å²) < 4.78 is 10.8. The molecule has 0 bridgehead atoms. The average Bonchev–Trinajstić information content (AvgIpc) is 3.03. The second-order valence-corrected chi connectivity index (χ2v) is 14.2. The van der Waals surface area contributed by atoms with Gasteiger partial charge in [-0.3, -0.25) is 0 Å². The third-order valence-corrected chi connectivity index (χ3v) is 9.89. The van der Waals surface area contributed by atoms with Crippen molar-refractivity contribution in [2.75, 3.05) is 40.5 Å². The monoisotopic (exact) mass is 624 g/mol. The van der Waals surface area contributed by atoms with Crippen LogP contribution in [-0.2, 0) is 9.47 Å². The first-order chi connectivity index (χ1) is 21.8. The highest BCUT2D eigenvalue weighted by Gasteiger charge is 2.14. The Morgan fingerprint density at radius 3 is 1.07 bits per heavy atom. The second-order valence-electron chi connectivity index (χ2n) is 14.2. The summed E-state index contributed by atoms with van der Waals surface area (Å²) in [5.41, 5.74) is 0. The standard InChI is InChI=1S/C41H85NO2/c1-5-7-9-11-13-15-17-19-21-23-25-27-29-31-35-41(42(3)37-33-34-38-44-40-39-43-4)36-32-30-28-26-24-22-20-18-16-14-12-10-8-6-2/h41H,5-40H2,1-4H3. The molecule has 0 aromatic heterocycles. The molecule has 0 fully saturated rings. The SMILES string of the molecule is CCCCCCCCCCCCCCCCC(CCCCCCCCCCCCCCCC)N(C)CCCCOCCOC. The number of nitrogens with zero attached hydrogens (tertiary/aromatic N) is 1. The molecule has 3 heteroatoms. The lowest BCUT2D eigenvalue weighted by molar-refractivity contribution is 0.0672. The highest BCUT2D eigenvalue weighted by molar-refractivity contribution is 4.70. The van der Waals surface area contributed by atoms with Crippen LogP contribution in [-0.4, -0.2) is 51.5 Å². The zero-order valence-electron chi connectivity index (χ0n) is 31.3. The molecule has 0 aliphatic rings. The van der Waals surface area contributed by atoms with E-state index < -0.39 is 0 Å². The lowest BCUT2D eigenvalue weighted by Crippen LogP contribution is -2.32. The topological polar surface area (TPSA) is 21.7 Å². The molecule has 0 aromatic rings. The van der Waals surface area contributed by atoms with Crippen molar-refractivity contribution in [1.29, 1.82) is 0 Å². The van der Waals surface area contributed by atoms with Gasteiger partial charge in [-0.05, 0) is 39.3 Å². The van der Waals surface area contributed by atoms with Gasteiger partial charge >= 0.3 is 0 Å². The molecule has 0 amide bonds. The minimum absolute atomic E-state index is 0.709. The number of rotatable bonds is 39. The summed E-state index contributed by atoms with van der Waals surface area (Å²) >= 11 is 0. The predicted molar refractivity (Wildman–Crippen MR) is 198 cm³/mol. The first-order valence-electron chi connectivity index (χ1n) is 20.5. The van der Waals surface area contributed by atoms with Crippen molar-refractivity contribution in [2.24, 2.45) is 0 Å². The lowest BCUT2D eigenvalue weighted by Gasteiger charge is -2.28. The summed E-state index contributed by atoms with van der Waals surface area (Å²) in [4.78, 5) is 2.69. The Labute approximate surface area is 279 Å². The molecule has 0 aliphatic carbocycles. The van der Waals surface area contributed by atoms with E-state index in [0.29, 0.717) is 6.61 Å². The molecule has 44 heavy (non-hydrogen) atoms. The molecular weight excluding hydrogens is 538 g/mol. The van der Waals surface area contributed by atoms with Gasteiger partial charge in [0.25, 0.3) is 0 Å². The number of hydrogen-bond donors (Lipinski definition) is 0. The van der Waals surface area contributed by atoms with Crippen LogP contribution in [0.3, 0.4) is 0 Å². The summed E-state index contributed by atoms with van der Waals surface area (Å²) in [5.74, 6) is 0. The molecule has 0 saturated carbocycles. The summed E-state index contributed by atoms with van der Waals surface area (Å²) in [7, 11) is 4.14. The quantitative estimate of drug-likeness (QED) is 0.0636. The van der Waals surface area contributed by atoms with Crippen LogP contribution in [0.25, 0.3) is 0 Å². The van der Waals surface area contributed by atoms with E-state index in [4.69, 9.17) is 9.47 Å². The molecule has 0 heterocycles. The zero-order valence-corrected chi connectivity index (χ0v) is 31.3. The second kappa shape index (κ2) is 39.1. The largest absolute Gasteiger partial charge is 0.382 e. The minimum atomic E-state index is 0.709. The number of methoxy groups -OCH3 is 1. The van der Waals surface area contributed by atoms with Crippen LogP contribution in [0, 0.1) is 0 Å². The van der Waals surface area contributed by atoms with E-state index in [1.165, 1.54) is 212 Å². The van der Waals surface area contributed by atoms with Crippen molar-refractivity contribution in [3.8, 4) is 0 Å². The van der Waals surface area contributed by atoms with Gasteiger partial charge in [0.05, 0.1) is 13.2 Å². The molecule has 0 aliphatic heterocycles. The van der Waals surface area contributed by atoms with Crippen LogP contribution in [0.1, 0.15) is 219 Å². The highest BCUT2D eigenvalue weighted by atomic mass is 16.5. The van der Waals surface area contributed by atoms with Crippen molar-refractivity contribution >= 4 is 0 Å². The molecule has 0 atom stereocenters. The van der Waals surface area contributed by atoms with E-state index in [1.807, 2.05) is 0 Å². The highest BCUT2D eigenvalue weighted by Crippen LogP contribution is 2.20. The van der Waals surface area contributed by atoms with Crippen LogP contribution in [0.2, 0.25) is 0 Å². The Bertz CT molecular complexity index is 467. The fourth-order valence-corrected chi connectivity index (χ4v) is 6.73. The van der Waals surface area contributed by atoms with Gasteiger partial charge in [-0.1, -0.05) is 194 Å². The predicted octanol–water partition coefficient (Wildman–Crippen LogP) is 13.5. The van der Waals surface area contributed by atoms with Crippen LogP contribution in [0.5, 0.6) is 0 Å². The number of hydrogen-bond acceptors (Lipinski definition) is 3. The normalized spacial score (nSPS) is 11.9. The van der Waals surface area contributed by atoms with E-state index in [1.54, 1.807) is 7.11 Å². The summed E-state index contributed by atoms with van der Waals surface area (Å²) in [6, 6.07) is 0.777. The summed E-state index contributed by atoms with van der Waals surface area (Å²) in [5, 5.41) is 0. The van der Waals surface area contributed by atoms with Gasteiger partial charge in [-0.15, -0.1) is 0 Å². The average molecular weight is 624 g/mol. The smallest absolute Gasteiger partial charge is 0.0700 e. The maximum absolute atomic E-state index is 5.69. The van der Waals surface area contributed by atoms with Crippen molar-refractivity contribution in [3.05, 3.63) is 0 Å². The van der Waals surface area contributed by atoms with Gasteiger partial charge in [-0.2, -0.15) is 0 Å². The van der Waals surface area contributed by atoms with Crippen molar-refractivity contribution < 1.29 is 9.47 Å². The fourth-order valence-electron chi connectivity index (χ4n) is 6.73. The maximum atomic E-state index is 5.69. The molecular formula is C41H85NO2. The van der Waals surface area contributed by atoms with Crippen molar-refractivity contribution in [1.82, 2.24) is 4.90 Å². The Morgan fingerprint density at radius 2 is 0.727 bits per heavy atom. The maximum Gasteiger partial charge on any atom is 0.0700 e. The lowest BCUT2D eigenvalue weighted by atomic mass is 9.98. The van der Waals surface area contributed by atoms with E-state index in [0.717, 1.165) is 19.3 Å². The number of ether oxygens (including phenoxy) is 2. The van der Waals surface area contributed by atoms with Crippen LogP contribution < -0.4 is 0 Å². The molecule has 0 N–H and O–H groups in total. The van der Waals surface area contributed by atoms with Gasteiger partial charge in [0.15, 0.2) is 0 Å². The zero-order chi connectivity index (χ0) is 32.0. The van der Waals surface area contributed by atoms with Crippen molar-refractivity contribution in [3.63, 3.8) is 0 Å². The van der Waals surface area contributed by atoms with Crippen LogP contribution in [0.15, 0.2) is 0 Å². The minimum Gasteiger partial charge on any atom is -0.382 e. The van der Waals surface area contributed by atoms with Gasteiger partial charge in [0.2, 0.25) is 0 Å². The summed E-state index contributed by atoms with van der Waals surface area (Å²) in [6.07, 6.45) is 45.8. The Balaban J connectivity index is 3.97. The van der Waals surface area contributed by atoms with E-state index in [-0.39, 0.29) is 0 Å². The Kier molecular flexibility index (Phi) is 39.0. The molecule has 0 unspecified atom stereocenters. The fraction of sp³-hybridized carbons (Fsp3) is 1.00. The molecule has 0 saturated heterocycles. The van der Waals surface area contributed by atoms with Gasteiger partial charge in [-0.25, -0.2) is 0 Å². The number of unbranched alkanes of at least 4 members (excludes halogenated alkanes) is 27. The van der Waals surface area contributed by atoms with E-state index in [9.17, 15) is 0 Å². The first-order valence-corrected chi connectivity index (χ1v) is 20.5. The molecule has 0 radical (unpaired) electrons. The Morgan fingerprint density at radius 1 is 0.386 bits per heavy atom. The third-order valence-electron chi connectivity index (χ3n) is 9.89. The third kappa shape index (κ3) is 34.7. The molecule has 266 valence electrons. The van der Waals surface area contributed by atoms with Gasteiger partial charge in [0, 0.05) is 19.8 Å². The Hall–Kier alpha value is -0.120. The van der Waals surface area contributed by atoms with E-state index in [2.05, 4.69) is 25.8 Å².